The van der Waals surface area contributed by atoms with Crippen LogP contribution < -0.4 is 10.6 Å². The van der Waals surface area contributed by atoms with Gasteiger partial charge in [-0.05, 0) is 23.7 Å². The van der Waals surface area contributed by atoms with Crippen LogP contribution in [0.15, 0.2) is 0 Å². The molecule has 40 heavy (non-hydrogen) atoms. The zero-order valence-corrected chi connectivity index (χ0v) is 27.4. The smallest absolute Gasteiger partial charge is 0.408 e. The first-order chi connectivity index (χ1) is 18.9. The van der Waals surface area contributed by atoms with E-state index in [1.165, 1.54) is 51.4 Å². The summed E-state index contributed by atoms with van der Waals surface area (Å²) in [4.78, 5) is 30.0. The third-order valence-electron chi connectivity index (χ3n) is 7.69. The molecule has 0 aromatic carbocycles. The Morgan fingerprint density at radius 1 is 0.575 bits per heavy atom. The molecule has 0 radical (unpaired) electrons. The van der Waals surface area contributed by atoms with Gasteiger partial charge in [-0.25, -0.2) is 9.59 Å². The Balaban J connectivity index is 2.55. The monoisotopic (exact) mass is 568 g/mol. The maximum atomic E-state index is 12.6. The number of hydrogen-bond acceptors (Lipinski definition) is 6. The molecule has 2 unspecified atom stereocenters. The second-order valence-corrected chi connectivity index (χ2v) is 13.7. The molecule has 2 amide bonds. The summed E-state index contributed by atoms with van der Waals surface area (Å²) in [5.74, 6) is 0. The molecule has 2 atom stereocenters. The van der Waals surface area contributed by atoms with Gasteiger partial charge in [0.25, 0.3) is 0 Å². The van der Waals surface area contributed by atoms with E-state index in [1.807, 2.05) is 0 Å². The van der Waals surface area contributed by atoms with Crippen molar-refractivity contribution in [1.29, 1.82) is 0 Å². The van der Waals surface area contributed by atoms with Gasteiger partial charge in [-0.1, -0.05) is 120 Å². The average Bonchev–Trinajstić information content (AvgIpc) is 2.88. The van der Waals surface area contributed by atoms with Gasteiger partial charge in [-0.2, -0.15) is 0 Å². The van der Waals surface area contributed by atoms with Crippen LogP contribution in [0, 0.1) is 10.8 Å². The van der Waals surface area contributed by atoms with Crippen LogP contribution in [0.3, 0.4) is 0 Å². The Bertz CT molecular complexity index is 623. The number of ether oxygens (including phenoxy) is 2. The van der Waals surface area contributed by atoms with Crippen LogP contribution in [0.1, 0.15) is 132 Å². The predicted octanol–water partition coefficient (Wildman–Crippen LogP) is 7.52. The molecular weight excluding hydrogens is 504 g/mol. The number of carbonyl (C=O) groups excluding carboxylic acids is 2. The second kappa shape index (κ2) is 19.6. The maximum Gasteiger partial charge on any atom is 0.408 e. The second-order valence-electron chi connectivity index (χ2n) is 13.7. The summed E-state index contributed by atoms with van der Waals surface area (Å²) >= 11 is 0. The van der Waals surface area contributed by atoms with Crippen molar-refractivity contribution in [1.82, 2.24) is 20.4 Å². The molecule has 1 aliphatic rings. The molecule has 1 saturated heterocycles. The SMILES string of the molecule is CCCCCCCCOC(=O)NC(N1CCN(C(NC(=O)OCCCCCCCC)C(C)(C)C)CC1)C(C)(C)C. The van der Waals surface area contributed by atoms with Gasteiger partial charge < -0.3 is 20.1 Å². The molecular formula is C32H64N4O4. The number of rotatable bonds is 18. The van der Waals surface area contributed by atoms with Gasteiger partial charge in [0.1, 0.15) is 0 Å². The molecule has 0 aromatic rings. The number of alkyl carbamates (subject to hydrolysis) is 2. The first kappa shape index (κ1) is 36.5. The molecule has 0 saturated carbocycles. The number of unbranched alkanes of at least 4 members (excludes halogenated alkanes) is 10. The van der Waals surface area contributed by atoms with Crippen molar-refractivity contribution in [2.24, 2.45) is 10.8 Å². The quantitative estimate of drug-likeness (QED) is 0.166. The number of carbonyl (C=O) groups is 2. The van der Waals surface area contributed by atoms with E-state index in [2.05, 4.69) is 75.8 Å². The molecule has 0 aliphatic carbocycles. The Hall–Kier alpha value is -1.54. The van der Waals surface area contributed by atoms with Crippen molar-refractivity contribution in [3.63, 3.8) is 0 Å². The fourth-order valence-electron chi connectivity index (χ4n) is 5.37. The van der Waals surface area contributed by atoms with Crippen molar-refractivity contribution < 1.29 is 19.1 Å². The Kier molecular flexibility index (Phi) is 17.8. The minimum absolute atomic E-state index is 0.130. The Morgan fingerprint density at radius 2 is 0.875 bits per heavy atom. The molecule has 0 spiro atoms. The van der Waals surface area contributed by atoms with E-state index in [4.69, 9.17) is 9.47 Å². The highest BCUT2D eigenvalue weighted by atomic mass is 16.6. The minimum atomic E-state index is -0.335. The molecule has 236 valence electrons. The van der Waals surface area contributed by atoms with Crippen LogP contribution in [0.25, 0.3) is 0 Å². The number of nitrogens with one attached hydrogen (secondary N) is 2. The standard InChI is InChI=1S/C32H64N4O4/c1-9-11-13-15-17-19-25-39-29(37)33-27(31(3,4)5)35-21-23-36(24-22-35)28(32(6,7)8)34-30(38)40-26-20-18-16-14-12-10-2/h27-28H,9-26H2,1-8H3,(H,33,37)(H,34,38). The summed E-state index contributed by atoms with van der Waals surface area (Å²) in [7, 11) is 0. The average molecular weight is 569 g/mol. The van der Waals surface area contributed by atoms with Crippen LogP contribution in [0.2, 0.25) is 0 Å². The minimum Gasteiger partial charge on any atom is -0.450 e. The lowest BCUT2D eigenvalue weighted by molar-refractivity contribution is -0.0147. The summed E-state index contributed by atoms with van der Waals surface area (Å²) < 4.78 is 11.1. The van der Waals surface area contributed by atoms with Gasteiger partial charge in [0.05, 0.1) is 25.5 Å². The van der Waals surface area contributed by atoms with Gasteiger partial charge >= 0.3 is 12.2 Å². The van der Waals surface area contributed by atoms with Crippen molar-refractivity contribution in [2.45, 2.75) is 145 Å². The van der Waals surface area contributed by atoms with Gasteiger partial charge in [0.15, 0.2) is 0 Å². The highest BCUT2D eigenvalue weighted by Crippen LogP contribution is 2.27. The largest absolute Gasteiger partial charge is 0.450 e. The van der Waals surface area contributed by atoms with Gasteiger partial charge in [-0.15, -0.1) is 0 Å². The lowest BCUT2D eigenvalue weighted by atomic mass is 9.89. The first-order valence-electron chi connectivity index (χ1n) is 16.2. The van der Waals surface area contributed by atoms with Crippen LogP contribution in [0.5, 0.6) is 0 Å². The summed E-state index contributed by atoms with van der Waals surface area (Å²) in [6.45, 7) is 21.4. The number of hydrogen-bond donors (Lipinski definition) is 2. The topological polar surface area (TPSA) is 83.1 Å². The molecule has 0 bridgehead atoms. The molecule has 1 rings (SSSR count). The van der Waals surface area contributed by atoms with E-state index in [0.717, 1.165) is 51.9 Å². The lowest BCUT2D eigenvalue weighted by Crippen LogP contribution is -2.64. The van der Waals surface area contributed by atoms with Crippen LogP contribution in [0.4, 0.5) is 9.59 Å². The number of nitrogens with zero attached hydrogens (tertiary/aromatic N) is 2. The first-order valence-corrected chi connectivity index (χ1v) is 16.2. The van der Waals surface area contributed by atoms with Crippen molar-refractivity contribution in [2.75, 3.05) is 39.4 Å². The molecule has 8 heteroatoms. The maximum absolute atomic E-state index is 12.6. The summed E-state index contributed by atoms with van der Waals surface area (Å²) in [5, 5.41) is 6.29. The zero-order chi connectivity index (χ0) is 30.0. The third kappa shape index (κ3) is 15.5. The molecule has 2 N–H and O–H groups in total. The van der Waals surface area contributed by atoms with Crippen LogP contribution in [-0.4, -0.2) is 73.7 Å². The molecule has 1 fully saturated rings. The Morgan fingerprint density at radius 3 is 1.18 bits per heavy atom. The number of piperazine rings is 1. The highest BCUT2D eigenvalue weighted by molar-refractivity contribution is 5.68. The molecule has 1 aliphatic heterocycles. The van der Waals surface area contributed by atoms with Crippen molar-refractivity contribution >= 4 is 12.2 Å². The van der Waals surface area contributed by atoms with Crippen LogP contribution in [-0.2, 0) is 9.47 Å². The summed E-state index contributed by atoms with van der Waals surface area (Å²) in [6, 6.07) is 0. The lowest BCUT2D eigenvalue weighted by Gasteiger charge is -2.48. The third-order valence-corrected chi connectivity index (χ3v) is 7.69. The Labute approximate surface area is 246 Å². The molecule has 0 aromatic heterocycles. The van der Waals surface area contributed by atoms with Crippen molar-refractivity contribution in [3.05, 3.63) is 0 Å². The van der Waals surface area contributed by atoms with E-state index in [9.17, 15) is 9.59 Å². The molecule has 1 heterocycles. The van der Waals surface area contributed by atoms with Gasteiger partial charge in [-0.3, -0.25) is 9.80 Å². The number of amides is 2. The summed E-state index contributed by atoms with van der Waals surface area (Å²) in [5.41, 5.74) is -0.299. The zero-order valence-electron chi connectivity index (χ0n) is 27.4. The predicted molar refractivity (Wildman–Crippen MR) is 165 cm³/mol. The molecule has 8 nitrogen and oxygen atoms in total. The fraction of sp³-hybridized carbons (Fsp3) is 0.938. The summed E-state index contributed by atoms with van der Waals surface area (Å²) in [6.07, 6.45) is 13.1. The van der Waals surface area contributed by atoms with E-state index >= 15 is 0 Å². The normalized spacial score (nSPS) is 16.8. The fourth-order valence-corrected chi connectivity index (χ4v) is 5.37. The van der Waals surface area contributed by atoms with E-state index in [0.29, 0.717) is 13.2 Å². The van der Waals surface area contributed by atoms with Crippen molar-refractivity contribution in [3.8, 4) is 0 Å². The van der Waals surface area contributed by atoms with E-state index in [-0.39, 0.29) is 35.3 Å². The van der Waals surface area contributed by atoms with E-state index in [1.54, 1.807) is 0 Å². The highest BCUT2D eigenvalue weighted by Gasteiger charge is 2.38. The van der Waals surface area contributed by atoms with Gasteiger partial charge in [0, 0.05) is 26.2 Å². The van der Waals surface area contributed by atoms with E-state index < -0.39 is 0 Å². The van der Waals surface area contributed by atoms with Crippen LogP contribution >= 0.6 is 0 Å². The van der Waals surface area contributed by atoms with Gasteiger partial charge in [0.2, 0.25) is 0 Å².